The molecule has 2 nitrogen and oxygen atoms in total. The van der Waals surface area contributed by atoms with E-state index in [1.54, 1.807) is 0 Å². The molecule has 0 fully saturated rings. The van der Waals surface area contributed by atoms with Crippen LogP contribution in [0.4, 0.5) is 0 Å². The van der Waals surface area contributed by atoms with Gasteiger partial charge in [0.05, 0.1) is 12.0 Å². The SMILES string of the molecule is O=C1N[C@H](c2ccccc2)c2ccccc2[C@H]1Cc1ccccc1. The molecule has 1 aliphatic heterocycles. The average Bonchev–Trinajstić information content (AvgIpc) is 2.65. The van der Waals surface area contributed by atoms with E-state index in [1.165, 1.54) is 11.1 Å². The number of nitrogens with one attached hydrogen (secondary N) is 1. The predicted octanol–water partition coefficient (Wildman–Crippen LogP) is 4.23. The van der Waals surface area contributed by atoms with Crippen LogP contribution in [0.2, 0.25) is 0 Å². The number of hydrogen-bond acceptors (Lipinski definition) is 1. The first-order chi connectivity index (χ1) is 11.8. The summed E-state index contributed by atoms with van der Waals surface area (Å²) in [6.45, 7) is 0. The van der Waals surface area contributed by atoms with Crippen LogP contribution in [0, 0.1) is 0 Å². The van der Waals surface area contributed by atoms with Crippen molar-refractivity contribution < 1.29 is 4.79 Å². The summed E-state index contributed by atoms with van der Waals surface area (Å²) in [5, 5.41) is 3.22. The Bertz CT molecular complexity index is 842. The minimum absolute atomic E-state index is 0.0677. The Hall–Kier alpha value is -2.87. The third kappa shape index (κ3) is 2.71. The fourth-order valence-corrected chi connectivity index (χ4v) is 3.51. The first kappa shape index (κ1) is 14.7. The van der Waals surface area contributed by atoms with E-state index in [0.717, 1.165) is 17.5 Å². The van der Waals surface area contributed by atoms with Crippen LogP contribution >= 0.6 is 0 Å². The lowest BCUT2D eigenvalue weighted by Crippen LogP contribution is -2.39. The largest absolute Gasteiger partial charge is 0.345 e. The normalized spacial score (nSPS) is 19.4. The smallest absolute Gasteiger partial charge is 0.228 e. The van der Waals surface area contributed by atoms with Crippen molar-refractivity contribution in [3.8, 4) is 0 Å². The Kier molecular flexibility index (Phi) is 3.87. The summed E-state index contributed by atoms with van der Waals surface area (Å²) in [4.78, 5) is 12.8. The van der Waals surface area contributed by atoms with Crippen LogP contribution in [0.15, 0.2) is 84.9 Å². The highest BCUT2D eigenvalue weighted by Gasteiger charge is 2.33. The summed E-state index contributed by atoms with van der Waals surface area (Å²) < 4.78 is 0. The molecule has 3 aromatic rings. The van der Waals surface area contributed by atoms with Crippen molar-refractivity contribution >= 4 is 5.91 Å². The van der Waals surface area contributed by atoms with E-state index in [9.17, 15) is 4.79 Å². The van der Waals surface area contributed by atoms with Crippen molar-refractivity contribution in [3.05, 3.63) is 107 Å². The zero-order valence-electron chi connectivity index (χ0n) is 13.4. The van der Waals surface area contributed by atoms with E-state index in [1.807, 2.05) is 48.5 Å². The fourth-order valence-electron chi connectivity index (χ4n) is 3.51. The lowest BCUT2D eigenvalue weighted by Gasteiger charge is -2.32. The molecule has 0 bridgehead atoms. The van der Waals surface area contributed by atoms with Gasteiger partial charge in [-0.2, -0.15) is 0 Å². The Morgan fingerprint density at radius 1 is 0.708 bits per heavy atom. The molecule has 0 spiro atoms. The number of carbonyl (C=O) groups is 1. The molecule has 1 N–H and O–H groups in total. The van der Waals surface area contributed by atoms with Crippen LogP contribution in [0.25, 0.3) is 0 Å². The Balaban J connectivity index is 1.74. The van der Waals surface area contributed by atoms with Gasteiger partial charge < -0.3 is 5.32 Å². The standard InChI is InChI=1S/C22H19NO/c24-22-20(15-16-9-3-1-4-10-16)18-13-7-8-14-19(18)21(23-22)17-11-5-2-6-12-17/h1-14,20-21H,15H2,(H,23,24)/t20-,21-/m1/s1. The molecule has 4 rings (SSSR count). The van der Waals surface area contributed by atoms with Crippen molar-refractivity contribution in [2.45, 2.75) is 18.4 Å². The molecule has 118 valence electrons. The highest BCUT2D eigenvalue weighted by Crippen LogP contribution is 2.36. The number of amides is 1. The maximum Gasteiger partial charge on any atom is 0.228 e. The van der Waals surface area contributed by atoms with Gasteiger partial charge in [0.25, 0.3) is 0 Å². The quantitative estimate of drug-likeness (QED) is 0.770. The third-order valence-corrected chi connectivity index (χ3v) is 4.70. The van der Waals surface area contributed by atoms with Gasteiger partial charge in [0.15, 0.2) is 0 Å². The van der Waals surface area contributed by atoms with Crippen LogP contribution in [0.1, 0.15) is 34.2 Å². The number of benzene rings is 3. The second-order valence-corrected chi connectivity index (χ2v) is 6.22. The lowest BCUT2D eigenvalue weighted by molar-refractivity contribution is -0.123. The lowest BCUT2D eigenvalue weighted by atomic mass is 9.81. The van der Waals surface area contributed by atoms with Crippen LogP contribution < -0.4 is 5.32 Å². The van der Waals surface area contributed by atoms with Crippen LogP contribution in [-0.2, 0) is 11.2 Å². The van der Waals surface area contributed by atoms with Gasteiger partial charge >= 0.3 is 0 Å². The van der Waals surface area contributed by atoms with Crippen molar-refractivity contribution in [2.24, 2.45) is 0 Å². The van der Waals surface area contributed by atoms with E-state index in [0.29, 0.717) is 0 Å². The van der Waals surface area contributed by atoms with E-state index in [4.69, 9.17) is 0 Å². The summed E-state index contributed by atoms with van der Waals surface area (Å²) in [6.07, 6.45) is 0.727. The van der Waals surface area contributed by atoms with Gasteiger partial charge in [-0.3, -0.25) is 4.79 Å². The van der Waals surface area contributed by atoms with E-state index >= 15 is 0 Å². The number of rotatable bonds is 3. The van der Waals surface area contributed by atoms with Crippen molar-refractivity contribution in [1.82, 2.24) is 5.32 Å². The number of carbonyl (C=O) groups excluding carboxylic acids is 1. The highest BCUT2D eigenvalue weighted by atomic mass is 16.2. The summed E-state index contributed by atoms with van der Waals surface area (Å²) in [5.41, 5.74) is 4.64. The van der Waals surface area contributed by atoms with Gasteiger partial charge in [-0.25, -0.2) is 0 Å². The van der Waals surface area contributed by atoms with Gasteiger partial charge in [-0.05, 0) is 28.7 Å². The van der Waals surface area contributed by atoms with E-state index in [2.05, 4.69) is 41.7 Å². The van der Waals surface area contributed by atoms with Crippen molar-refractivity contribution in [2.75, 3.05) is 0 Å². The maximum atomic E-state index is 12.8. The van der Waals surface area contributed by atoms with E-state index < -0.39 is 0 Å². The van der Waals surface area contributed by atoms with Gasteiger partial charge in [-0.15, -0.1) is 0 Å². The molecule has 1 amide bonds. The summed E-state index contributed by atoms with van der Waals surface area (Å²) >= 11 is 0. The minimum atomic E-state index is -0.136. The van der Waals surface area contributed by atoms with Crippen LogP contribution in [0.3, 0.4) is 0 Å². The molecule has 0 aromatic heterocycles. The third-order valence-electron chi connectivity index (χ3n) is 4.70. The Morgan fingerprint density at radius 3 is 2.00 bits per heavy atom. The van der Waals surface area contributed by atoms with Crippen molar-refractivity contribution in [1.29, 1.82) is 0 Å². The molecular weight excluding hydrogens is 294 g/mol. The molecule has 0 radical (unpaired) electrons. The van der Waals surface area contributed by atoms with Crippen molar-refractivity contribution in [3.63, 3.8) is 0 Å². The second-order valence-electron chi connectivity index (χ2n) is 6.22. The molecule has 2 heteroatoms. The molecule has 0 unspecified atom stereocenters. The molecule has 2 atom stereocenters. The summed E-state index contributed by atoms with van der Waals surface area (Å²) in [6, 6.07) is 28.6. The molecule has 0 saturated heterocycles. The van der Waals surface area contributed by atoms with Crippen LogP contribution in [0.5, 0.6) is 0 Å². The molecular formula is C22H19NO. The first-order valence-electron chi connectivity index (χ1n) is 8.31. The maximum absolute atomic E-state index is 12.8. The first-order valence-corrected chi connectivity index (χ1v) is 8.31. The number of fused-ring (bicyclic) bond motifs is 1. The predicted molar refractivity (Wildman–Crippen MR) is 95.8 cm³/mol. The Morgan fingerprint density at radius 2 is 1.29 bits per heavy atom. The summed E-state index contributed by atoms with van der Waals surface area (Å²) in [7, 11) is 0. The monoisotopic (exact) mass is 313 g/mol. The van der Waals surface area contributed by atoms with Gasteiger partial charge in [0.1, 0.15) is 0 Å². The minimum Gasteiger partial charge on any atom is -0.345 e. The fraction of sp³-hybridized carbons (Fsp3) is 0.136. The topological polar surface area (TPSA) is 29.1 Å². The molecule has 0 aliphatic carbocycles. The zero-order valence-corrected chi connectivity index (χ0v) is 13.4. The second kappa shape index (κ2) is 6.32. The Labute approximate surface area is 142 Å². The van der Waals surface area contributed by atoms with Gasteiger partial charge in [-0.1, -0.05) is 84.9 Å². The molecule has 3 aromatic carbocycles. The highest BCUT2D eigenvalue weighted by molar-refractivity contribution is 5.87. The molecule has 1 aliphatic rings. The number of hydrogen-bond donors (Lipinski definition) is 1. The van der Waals surface area contributed by atoms with E-state index in [-0.39, 0.29) is 17.9 Å². The van der Waals surface area contributed by atoms with Crippen LogP contribution in [-0.4, -0.2) is 5.91 Å². The zero-order chi connectivity index (χ0) is 16.4. The van der Waals surface area contributed by atoms with Gasteiger partial charge in [0, 0.05) is 0 Å². The molecule has 0 saturated carbocycles. The molecule has 1 heterocycles. The average molecular weight is 313 g/mol. The molecule has 24 heavy (non-hydrogen) atoms. The van der Waals surface area contributed by atoms with Gasteiger partial charge in [0.2, 0.25) is 5.91 Å². The summed E-state index contributed by atoms with van der Waals surface area (Å²) in [5.74, 6) is -0.0324.